The van der Waals surface area contributed by atoms with E-state index in [-0.39, 0.29) is 67.4 Å². The predicted molar refractivity (Wildman–Crippen MR) is 132 cm³/mol. The van der Waals surface area contributed by atoms with Crippen molar-refractivity contribution in [1.29, 1.82) is 0 Å². The molecule has 0 aliphatic carbocycles. The number of nitrogens with zero attached hydrogens (tertiary/aromatic N) is 2. The van der Waals surface area contributed by atoms with Crippen LogP contribution in [0.25, 0.3) is 0 Å². The molecule has 3 N–H and O–H groups in total. The largest absolute Gasteiger partial charge is 0.481 e. The van der Waals surface area contributed by atoms with E-state index in [1.54, 1.807) is 50.2 Å². The van der Waals surface area contributed by atoms with E-state index in [0.717, 1.165) is 6.20 Å². The second kappa shape index (κ2) is 12.7. The summed E-state index contributed by atoms with van der Waals surface area (Å²) in [7, 11) is -4.06. The molecule has 0 bridgehead atoms. The second-order valence-corrected chi connectivity index (χ2v) is 8.67. The number of benzene rings is 2. The van der Waals surface area contributed by atoms with E-state index in [1.165, 1.54) is 6.07 Å². The van der Waals surface area contributed by atoms with Crippen molar-refractivity contribution in [2.24, 2.45) is 0 Å². The molecule has 0 aliphatic rings. The maximum atomic E-state index is 14.3. The van der Waals surface area contributed by atoms with Crippen LogP contribution in [0, 0.1) is 25.1 Å². The van der Waals surface area contributed by atoms with Crippen molar-refractivity contribution in [2.45, 2.75) is 25.2 Å². The summed E-state index contributed by atoms with van der Waals surface area (Å²) in [5.41, 5.74) is 1.33. The number of ether oxygens (including phenoxy) is 1. The minimum atomic E-state index is -4.06. The smallest absolute Gasteiger partial charge is 0.264 e. The zero-order chi connectivity index (χ0) is 24.7. The van der Waals surface area contributed by atoms with Gasteiger partial charge in [0.15, 0.2) is 11.6 Å². The molecule has 3 rings (SSSR count). The fourth-order valence-corrected chi connectivity index (χ4v) is 4.11. The van der Waals surface area contributed by atoms with Gasteiger partial charge in [-0.05, 0) is 48.9 Å². The van der Waals surface area contributed by atoms with Crippen LogP contribution in [-0.2, 0) is 14.8 Å². The first-order chi connectivity index (χ1) is 16.2. The number of sulfonamides is 1. The first-order valence-electron chi connectivity index (χ1n) is 10.1. The number of hydrogen-bond acceptors (Lipinski definition) is 8. The Hall–Kier alpha value is -2.91. The third-order valence-corrected chi connectivity index (χ3v) is 6.00. The summed E-state index contributed by atoms with van der Waals surface area (Å²) in [5, 5.41) is 5.70. The van der Waals surface area contributed by atoms with Gasteiger partial charge in [0.05, 0.1) is 11.1 Å². The van der Waals surface area contributed by atoms with E-state index in [9.17, 15) is 17.6 Å². The van der Waals surface area contributed by atoms with Gasteiger partial charge in [0.2, 0.25) is 11.9 Å². The van der Waals surface area contributed by atoms with Gasteiger partial charge in [-0.15, -0.1) is 6.42 Å². The third-order valence-electron chi connectivity index (χ3n) is 4.49. The number of aryl methyl sites for hydroxylation is 1. The van der Waals surface area contributed by atoms with Crippen LogP contribution in [0.4, 0.5) is 27.5 Å². The summed E-state index contributed by atoms with van der Waals surface area (Å²) in [6, 6.07) is 11.2. The van der Waals surface area contributed by atoms with Crippen molar-refractivity contribution in [3.05, 3.63) is 60.0 Å². The topological polar surface area (TPSA) is 122 Å². The van der Waals surface area contributed by atoms with Crippen molar-refractivity contribution in [3.8, 4) is 18.1 Å². The number of halogens is 1. The molecule has 0 aliphatic heterocycles. The molecule has 3 aromatic rings. The average molecular weight is 524 g/mol. The van der Waals surface area contributed by atoms with Crippen molar-refractivity contribution in [1.82, 2.24) is 14.7 Å². The van der Waals surface area contributed by atoms with Gasteiger partial charge in [-0.2, -0.15) is 4.98 Å². The second-order valence-electron chi connectivity index (χ2n) is 7.02. The van der Waals surface area contributed by atoms with E-state index in [4.69, 9.17) is 11.2 Å². The number of carbonyl (C=O) groups is 1. The number of aromatic nitrogens is 2. The molecule has 1 heterocycles. The molecule has 0 saturated carbocycles. The first-order valence-corrected chi connectivity index (χ1v) is 11.6. The Balaban J connectivity index is 0.00000432. The summed E-state index contributed by atoms with van der Waals surface area (Å²) >= 11 is 0. The van der Waals surface area contributed by atoms with Gasteiger partial charge in [0.1, 0.15) is 12.4 Å². The Bertz CT molecular complexity index is 1350. The Morgan fingerprint density at radius 1 is 1.14 bits per heavy atom. The quantitative estimate of drug-likeness (QED) is 0.289. The molecule has 0 saturated heterocycles. The van der Waals surface area contributed by atoms with Gasteiger partial charge < -0.3 is 15.4 Å². The number of carbonyl (C=O) groups excluding carboxylic acids is 1. The molecular weight excluding hydrogens is 501 g/mol. The normalized spacial score (nSPS) is 10.5. The maximum Gasteiger partial charge on any atom is 0.264 e. The zero-order valence-electron chi connectivity index (χ0n) is 19.1. The number of hydrogen-bond donors (Lipinski definition) is 3. The van der Waals surface area contributed by atoms with E-state index in [0.29, 0.717) is 22.7 Å². The molecule has 35 heavy (non-hydrogen) atoms. The zero-order valence-corrected chi connectivity index (χ0v) is 22.2. The summed E-state index contributed by atoms with van der Waals surface area (Å²) in [4.78, 5) is 19.5. The van der Waals surface area contributed by atoms with Crippen molar-refractivity contribution in [3.63, 3.8) is 0 Å². The number of amides is 1. The molecule has 0 spiro atoms. The standard InChI is InChI=1S/C23H22FN5O4S.Ca/c1-4-12-33-18-10-8-16(9-11-18)26-22-19(24)14-25-23(28-22)27-17-7-6-15(3)20(13-17)34(31,32)29-21(30)5-2;/h1,6-11,13-14H,5,12H2,2-3H3,(H,29,30)(H2,25,26,27,28);. The van der Waals surface area contributed by atoms with Crippen LogP contribution >= 0.6 is 0 Å². The van der Waals surface area contributed by atoms with Crippen molar-refractivity contribution >= 4 is 76.8 Å². The van der Waals surface area contributed by atoms with Gasteiger partial charge in [0, 0.05) is 55.5 Å². The van der Waals surface area contributed by atoms with E-state index < -0.39 is 21.7 Å². The summed E-state index contributed by atoms with van der Waals surface area (Å²) in [6.45, 7) is 3.29. The number of nitrogens with one attached hydrogen (secondary N) is 3. The molecule has 1 aromatic heterocycles. The SMILES string of the molecule is C#CCOc1ccc(Nc2nc(Nc3ccc(C)c(S(=O)(=O)NC(=O)CC)c3)ncc2F)cc1.[Ca]. The van der Waals surface area contributed by atoms with Crippen molar-refractivity contribution in [2.75, 3.05) is 17.2 Å². The van der Waals surface area contributed by atoms with Crippen LogP contribution < -0.4 is 20.1 Å². The summed E-state index contributed by atoms with van der Waals surface area (Å²) in [5.74, 6) is 1.56. The molecule has 1 amide bonds. The Labute approximate surface area is 233 Å². The van der Waals surface area contributed by atoms with Crippen LogP contribution in [0.15, 0.2) is 53.6 Å². The fraction of sp³-hybridized carbons (Fsp3) is 0.174. The van der Waals surface area contributed by atoms with Crippen LogP contribution in [0.3, 0.4) is 0 Å². The van der Waals surface area contributed by atoms with E-state index >= 15 is 0 Å². The van der Waals surface area contributed by atoms with Gasteiger partial charge in [0.25, 0.3) is 10.0 Å². The van der Waals surface area contributed by atoms with Gasteiger partial charge in [-0.3, -0.25) is 4.79 Å². The first kappa shape index (κ1) is 28.3. The van der Waals surface area contributed by atoms with Crippen LogP contribution in [0.2, 0.25) is 0 Å². The Kier molecular flexibility index (Phi) is 10.3. The minimum absolute atomic E-state index is 0. The van der Waals surface area contributed by atoms with E-state index in [2.05, 4.69) is 26.5 Å². The molecule has 12 heteroatoms. The molecular formula is C23H22CaFN5O4S. The van der Waals surface area contributed by atoms with Crippen LogP contribution in [0.1, 0.15) is 18.9 Å². The molecule has 0 atom stereocenters. The van der Waals surface area contributed by atoms with Gasteiger partial charge >= 0.3 is 0 Å². The molecule has 2 aromatic carbocycles. The Morgan fingerprint density at radius 2 is 1.83 bits per heavy atom. The molecule has 0 unspecified atom stereocenters. The van der Waals surface area contributed by atoms with Gasteiger partial charge in [-0.1, -0.05) is 18.9 Å². The maximum absolute atomic E-state index is 14.3. The van der Waals surface area contributed by atoms with E-state index in [1.807, 2.05) is 4.72 Å². The molecule has 9 nitrogen and oxygen atoms in total. The minimum Gasteiger partial charge on any atom is -0.481 e. The fourth-order valence-electron chi connectivity index (χ4n) is 2.78. The molecule has 178 valence electrons. The van der Waals surface area contributed by atoms with Crippen molar-refractivity contribution < 1.29 is 22.3 Å². The third kappa shape index (κ3) is 7.80. The number of terminal acetylenes is 1. The predicted octanol–water partition coefficient (Wildman–Crippen LogP) is 3.26. The number of anilines is 4. The average Bonchev–Trinajstić information content (AvgIpc) is 2.81. The van der Waals surface area contributed by atoms with Crippen LogP contribution in [0.5, 0.6) is 5.75 Å². The monoisotopic (exact) mass is 523 g/mol. The number of rotatable bonds is 9. The molecule has 0 fully saturated rings. The molecule has 2 radical (unpaired) electrons. The summed E-state index contributed by atoms with van der Waals surface area (Å²) < 4.78 is 46.7. The van der Waals surface area contributed by atoms with Crippen LogP contribution in [-0.4, -0.2) is 68.6 Å². The van der Waals surface area contributed by atoms with Gasteiger partial charge in [-0.25, -0.2) is 22.5 Å². The Morgan fingerprint density at radius 3 is 2.49 bits per heavy atom. The summed E-state index contributed by atoms with van der Waals surface area (Å²) in [6.07, 6.45) is 6.17.